The van der Waals surface area contributed by atoms with Gasteiger partial charge in [-0.1, -0.05) is 11.6 Å². The van der Waals surface area contributed by atoms with E-state index in [0.29, 0.717) is 35.5 Å². The number of amides is 2. The molecule has 0 aliphatic carbocycles. The lowest BCUT2D eigenvalue weighted by molar-refractivity contribution is -0.117. The van der Waals surface area contributed by atoms with E-state index in [1.807, 2.05) is 20.8 Å². The van der Waals surface area contributed by atoms with Crippen molar-refractivity contribution in [1.82, 2.24) is 10.2 Å². The van der Waals surface area contributed by atoms with Gasteiger partial charge >= 0.3 is 6.09 Å². The van der Waals surface area contributed by atoms with Crippen LogP contribution < -0.4 is 15.4 Å². The Labute approximate surface area is 171 Å². The summed E-state index contributed by atoms with van der Waals surface area (Å²) in [5.74, 6) is 0.857. The molecule has 1 aliphatic rings. The number of carbonyl (C=O) groups excluding carboxylic acids is 2. The first-order chi connectivity index (χ1) is 13.2. The van der Waals surface area contributed by atoms with Crippen LogP contribution in [0.2, 0.25) is 5.02 Å². The van der Waals surface area contributed by atoms with Crippen molar-refractivity contribution in [2.75, 3.05) is 38.6 Å². The van der Waals surface area contributed by atoms with Crippen LogP contribution >= 0.6 is 11.6 Å². The molecule has 1 aliphatic heterocycles. The summed E-state index contributed by atoms with van der Waals surface area (Å²) in [6, 6.07) is 5.11. The molecule has 1 fully saturated rings. The fourth-order valence-corrected chi connectivity index (χ4v) is 3.23. The highest BCUT2D eigenvalue weighted by atomic mass is 35.5. The van der Waals surface area contributed by atoms with Crippen molar-refractivity contribution in [3.63, 3.8) is 0 Å². The van der Waals surface area contributed by atoms with Crippen molar-refractivity contribution in [2.45, 2.75) is 39.2 Å². The molecule has 7 nitrogen and oxygen atoms in total. The fraction of sp³-hybridized carbons (Fsp3) is 0.600. The molecular formula is C20H30ClN3O4. The summed E-state index contributed by atoms with van der Waals surface area (Å²) in [6.45, 7) is 8.04. The first kappa shape index (κ1) is 22.3. The highest BCUT2D eigenvalue weighted by Crippen LogP contribution is 2.27. The van der Waals surface area contributed by atoms with Gasteiger partial charge in [0.2, 0.25) is 5.91 Å². The zero-order valence-corrected chi connectivity index (χ0v) is 17.8. The zero-order valence-electron chi connectivity index (χ0n) is 17.0. The molecule has 1 aromatic carbocycles. The number of likely N-dealkylation sites (tertiary alicyclic amines) is 1. The minimum Gasteiger partial charge on any atom is -0.495 e. The second-order valence-electron chi connectivity index (χ2n) is 8.00. The van der Waals surface area contributed by atoms with Crippen LogP contribution in [0.3, 0.4) is 0 Å². The molecule has 8 heteroatoms. The van der Waals surface area contributed by atoms with Crippen molar-refractivity contribution >= 4 is 29.3 Å². The number of hydrogen-bond acceptors (Lipinski definition) is 5. The topological polar surface area (TPSA) is 79.9 Å². The Bertz CT molecular complexity index is 683. The maximum absolute atomic E-state index is 12.4. The van der Waals surface area contributed by atoms with E-state index in [2.05, 4.69) is 15.5 Å². The van der Waals surface area contributed by atoms with E-state index in [9.17, 15) is 9.59 Å². The second-order valence-corrected chi connectivity index (χ2v) is 8.43. The molecule has 1 aromatic rings. The number of piperidine rings is 1. The largest absolute Gasteiger partial charge is 0.495 e. The van der Waals surface area contributed by atoms with Crippen molar-refractivity contribution in [3.05, 3.63) is 23.2 Å². The Balaban J connectivity index is 1.73. The summed E-state index contributed by atoms with van der Waals surface area (Å²) in [4.78, 5) is 26.2. The number of nitrogens with zero attached hydrogens (tertiary/aromatic N) is 1. The number of benzene rings is 1. The number of alkyl carbamates (subject to hydrolysis) is 1. The van der Waals surface area contributed by atoms with Gasteiger partial charge in [0.05, 0.1) is 19.3 Å². The van der Waals surface area contributed by atoms with Crippen LogP contribution in [0.5, 0.6) is 5.75 Å². The van der Waals surface area contributed by atoms with Crippen molar-refractivity contribution in [2.24, 2.45) is 5.92 Å². The third kappa shape index (κ3) is 7.56. The normalized spacial score (nSPS) is 15.8. The lowest BCUT2D eigenvalue weighted by Crippen LogP contribution is -2.42. The van der Waals surface area contributed by atoms with Gasteiger partial charge < -0.3 is 20.1 Å². The number of halogens is 1. The fourth-order valence-electron chi connectivity index (χ4n) is 3.06. The zero-order chi connectivity index (χ0) is 20.7. The summed E-state index contributed by atoms with van der Waals surface area (Å²) in [6.07, 6.45) is 1.46. The van der Waals surface area contributed by atoms with Crippen LogP contribution in [0.15, 0.2) is 18.2 Å². The van der Waals surface area contributed by atoms with Gasteiger partial charge in [-0.2, -0.15) is 0 Å². The molecule has 2 amide bonds. The number of anilines is 1. The Morgan fingerprint density at radius 2 is 1.93 bits per heavy atom. The summed E-state index contributed by atoms with van der Waals surface area (Å²) < 4.78 is 10.5. The lowest BCUT2D eigenvalue weighted by atomic mass is 9.97. The van der Waals surface area contributed by atoms with Gasteiger partial charge in [-0.25, -0.2) is 4.79 Å². The standard InChI is InChI=1S/C20H30ClN3O4/c1-20(2,3)28-19(26)22-12-14-7-9-24(10-8-14)13-18(25)23-16-11-15(21)5-6-17(16)27-4/h5-6,11,14H,7-10,12-13H2,1-4H3,(H,22,26)(H,23,25). The van der Waals surface area contributed by atoms with Gasteiger partial charge in [-0.05, 0) is 70.8 Å². The molecule has 1 heterocycles. The maximum atomic E-state index is 12.4. The molecule has 1 saturated heterocycles. The molecular weight excluding hydrogens is 382 g/mol. The number of hydrogen-bond donors (Lipinski definition) is 2. The van der Waals surface area contributed by atoms with Crippen molar-refractivity contribution in [3.8, 4) is 5.75 Å². The van der Waals surface area contributed by atoms with Crippen LogP contribution in [-0.4, -0.2) is 55.8 Å². The minimum absolute atomic E-state index is 0.106. The number of rotatable bonds is 6. The number of carbonyl (C=O) groups is 2. The summed E-state index contributed by atoms with van der Waals surface area (Å²) in [5, 5.41) is 6.23. The van der Waals surface area contributed by atoms with E-state index in [4.69, 9.17) is 21.1 Å². The Morgan fingerprint density at radius 1 is 1.25 bits per heavy atom. The SMILES string of the molecule is COc1ccc(Cl)cc1NC(=O)CN1CCC(CNC(=O)OC(C)(C)C)CC1. The van der Waals surface area contributed by atoms with Gasteiger partial charge in [0, 0.05) is 11.6 Å². The van der Waals surface area contributed by atoms with Crippen LogP contribution in [0, 0.1) is 5.92 Å². The van der Waals surface area contributed by atoms with Gasteiger partial charge in [0.15, 0.2) is 0 Å². The number of methoxy groups -OCH3 is 1. The van der Waals surface area contributed by atoms with E-state index in [1.54, 1.807) is 25.3 Å². The van der Waals surface area contributed by atoms with Crippen molar-refractivity contribution in [1.29, 1.82) is 0 Å². The second kappa shape index (κ2) is 9.98. The van der Waals surface area contributed by atoms with E-state index in [1.165, 1.54) is 0 Å². The quantitative estimate of drug-likeness (QED) is 0.748. The molecule has 0 saturated carbocycles. The molecule has 28 heavy (non-hydrogen) atoms. The van der Waals surface area contributed by atoms with Gasteiger partial charge in [-0.3, -0.25) is 9.69 Å². The molecule has 2 N–H and O–H groups in total. The van der Waals surface area contributed by atoms with Crippen LogP contribution in [-0.2, 0) is 9.53 Å². The Morgan fingerprint density at radius 3 is 2.54 bits per heavy atom. The third-order valence-electron chi connectivity index (χ3n) is 4.44. The minimum atomic E-state index is -0.494. The lowest BCUT2D eigenvalue weighted by Gasteiger charge is -2.31. The third-order valence-corrected chi connectivity index (χ3v) is 4.68. The molecule has 0 spiro atoms. The van der Waals surface area contributed by atoms with Gasteiger partial charge in [0.1, 0.15) is 11.4 Å². The molecule has 156 valence electrons. The predicted octanol–water partition coefficient (Wildman–Crippen LogP) is 3.52. The molecule has 0 aromatic heterocycles. The maximum Gasteiger partial charge on any atom is 0.407 e. The van der Waals surface area contributed by atoms with Crippen LogP contribution in [0.4, 0.5) is 10.5 Å². The molecule has 0 unspecified atom stereocenters. The Kier molecular flexibility index (Phi) is 7.95. The average Bonchev–Trinajstić information content (AvgIpc) is 2.60. The molecule has 0 bridgehead atoms. The van der Waals surface area contributed by atoms with E-state index >= 15 is 0 Å². The summed E-state index contributed by atoms with van der Waals surface area (Å²) >= 11 is 6.00. The molecule has 2 rings (SSSR count). The van der Waals surface area contributed by atoms with Crippen LogP contribution in [0.1, 0.15) is 33.6 Å². The first-order valence-electron chi connectivity index (χ1n) is 9.49. The highest BCUT2D eigenvalue weighted by Gasteiger charge is 2.23. The number of ether oxygens (including phenoxy) is 2. The van der Waals surface area contributed by atoms with E-state index < -0.39 is 5.60 Å². The molecule has 0 radical (unpaired) electrons. The molecule has 0 atom stereocenters. The summed E-state index contributed by atoms with van der Waals surface area (Å²) in [5.41, 5.74) is 0.0726. The van der Waals surface area contributed by atoms with Crippen molar-refractivity contribution < 1.29 is 19.1 Å². The van der Waals surface area contributed by atoms with E-state index in [0.717, 1.165) is 25.9 Å². The number of nitrogens with one attached hydrogen (secondary N) is 2. The van der Waals surface area contributed by atoms with Gasteiger partial charge in [0.25, 0.3) is 0 Å². The summed E-state index contributed by atoms with van der Waals surface area (Å²) in [7, 11) is 1.55. The average molecular weight is 412 g/mol. The van der Waals surface area contributed by atoms with Gasteiger partial charge in [-0.15, -0.1) is 0 Å². The smallest absolute Gasteiger partial charge is 0.407 e. The van der Waals surface area contributed by atoms with Crippen LogP contribution in [0.25, 0.3) is 0 Å². The Hall–Kier alpha value is -1.99. The van der Waals surface area contributed by atoms with E-state index in [-0.39, 0.29) is 12.0 Å². The monoisotopic (exact) mass is 411 g/mol. The highest BCUT2D eigenvalue weighted by molar-refractivity contribution is 6.31. The first-order valence-corrected chi connectivity index (χ1v) is 9.86. The predicted molar refractivity (Wildman–Crippen MR) is 110 cm³/mol.